The molecule has 0 aliphatic rings. The minimum Gasteiger partial charge on any atom is -0.337 e. The number of carbonyl (C=O) groups is 2. The fourth-order valence-corrected chi connectivity index (χ4v) is 4.80. The lowest BCUT2D eigenvalue weighted by molar-refractivity contribution is 0.101. The number of benzene rings is 1. The van der Waals surface area contributed by atoms with E-state index >= 15 is 0 Å². The number of nitrogens with one attached hydrogen (secondary N) is 2. The monoisotopic (exact) mass is 457 g/mol. The summed E-state index contributed by atoms with van der Waals surface area (Å²) in [6.07, 6.45) is 0. The molecule has 1 aromatic carbocycles. The molecule has 0 saturated carbocycles. The molecule has 3 aromatic rings. The van der Waals surface area contributed by atoms with E-state index in [1.165, 1.54) is 12.3 Å². The molecule has 1 amide bonds. The van der Waals surface area contributed by atoms with Crippen LogP contribution in [0.15, 0.2) is 33.0 Å². The van der Waals surface area contributed by atoms with Gasteiger partial charge in [0.25, 0.3) is 15.9 Å². The summed E-state index contributed by atoms with van der Waals surface area (Å²) >= 11 is 0.637. The quantitative estimate of drug-likeness (QED) is 0.535. The fraction of sp³-hybridized carbons (Fsp3) is 0.250. The largest absolute Gasteiger partial charge is 0.337 e. The van der Waals surface area contributed by atoms with E-state index < -0.39 is 92.0 Å². The van der Waals surface area contributed by atoms with E-state index in [9.17, 15) is 18.0 Å². The number of thiophene rings is 1. The van der Waals surface area contributed by atoms with E-state index in [2.05, 4.69) is 10.5 Å². The highest BCUT2D eigenvalue weighted by atomic mass is 32.2. The average molecular weight is 458 g/mol. The van der Waals surface area contributed by atoms with Crippen molar-refractivity contribution in [3.8, 4) is 0 Å². The molecule has 0 aliphatic carbocycles. The van der Waals surface area contributed by atoms with Gasteiger partial charge in [-0.15, -0.1) is 11.3 Å². The van der Waals surface area contributed by atoms with Crippen molar-refractivity contribution in [1.82, 2.24) is 5.16 Å². The third-order valence-corrected chi connectivity index (χ3v) is 6.35. The van der Waals surface area contributed by atoms with Crippen LogP contribution >= 0.6 is 11.3 Å². The van der Waals surface area contributed by atoms with Gasteiger partial charge < -0.3 is 9.84 Å². The molecule has 0 atom stereocenters. The summed E-state index contributed by atoms with van der Waals surface area (Å²) in [5, 5.41) is 6.79. The molecule has 0 unspecified atom stereocenters. The van der Waals surface area contributed by atoms with Crippen molar-refractivity contribution in [1.29, 1.82) is 0 Å². The van der Waals surface area contributed by atoms with Crippen molar-refractivity contribution in [2.45, 2.75) is 39.3 Å². The zero-order chi connectivity index (χ0) is 30.6. The molecule has 0 fully saturated rings. The van der Waals surface area contributed by atoms with Crippen LogP contribution in [0.5, 0.6) is 0 Å². The first-order valence-electron chi connectivity index (χ1n) is 13.1. The van der Waals surface area contributed by atoms with E-state index in [1.807, 2.05) is 4.72 Å². The summed E-state index contributed by atoms with van der Waals surface area (Å²) in [6, 6.07) is 0.915. The zero-order valence-electron chi connectivity index (χ0n) is 25.5. The van der Waals surface area contributed by atoms with Gasteiger partial charge in [0.1, 0.15) is 9.77 Å². The van der Waals surface area contributed by atoms with Gasteiger partial charge in [0.2, 0.25) is 5.88 Å². The molecule has 3 rings (SSSR count). The molecule has 2 N–H and O–H groups in total. The van der Waals surface area contributed by atoms with Gasteiger partial charge in [0, 0.05) is 23.5 Å². The molecule has 10 heteroatoms. The minimum absolute atomic E-state index is 0.115. The topological polar surface area (TPSA) is 118 Å². The predicted molar refractivity (Wildman–Crippen MR) is 115 cm³/mol. The molecule has 0 saturated heterocycles. The van der Waals surface area contributed by atoms with Gasteiger partial charge in [-0.05, 0) is 63.0 Å². The van der Waals surface area contributed by atoms with Crippen LogP contribution < -0.4 is 10.0 Å². The van der Waals surface area contributed by atoms with E-state index in [0.717, 1.165) is 13.0 Å². The number of amides is 1. The summed E-state index contributed by atoms with van der Waals surface area (Å²) in [7, 11) is -4.60. The van der Waals surface area contributed by atoms with Crippen molar-refractivity contribution < 1.29 is 36.2 Å². The molecule has 8 nitrogen and oxygen atoms in total. The summed E-state index contributed by atoms with van der Waals surface area (Å²) in [6.45, 7) is -6.48. The number of anilines is 2. The van der Waals surface area contributed by atoms with Crippen molar-refractivity contribution in [2.75, 3.05) is 10.0 Å². The average Bonchev–Trinajstić information content (AvgIpc) is 3.39. The first kappa shape index (κ1) is 12.0. The lowest BCUT2D eigenvalue weighted by Gasteiger charge is -2.14. The third-order valence-electron chi connectivity index (χ3n) is 3.93. The van der Waals surface area contributed by atoms with Gasteiger partial charge in [-0.25, -0.2) is 13.1 Å². The Kier molecular flexibility index (Phi) is 3.22. The van der Waals surface area contributed by atoms with Crippen LogP contribution in [0.2, 0.25) is 0 Å². The van der Waals surface area contributed by atoms with Crippen molar-refractivity contribution >= 4 is 44.6 Å². The van der Waals surface area contributed by atoms with Gasteiger partial charge in [0.15, 0.2) is 5.78 Å². The number of hydrogen-bond donors (Lipinski definition) is 2. The molecular formula is C20H21N3O5S2. The molecule has 0 bridgehead atoms. The predicted octanol–water partition coefficient (Wildman–Crippen LogP) is 4.23. The molecule has 158 valence electrons. The second-order valence-electron chi connectivity index (χ2n) is 6.06. The smallest absolute Gasteiger partial charge is 0.267 e. The Morgan fingerprint density at radius 3 is 2.73 bits per heavy atom. The summed E-state index contributed by atoms with van der Waals surface area (Å²) < 4.78 is 110. The lowest BCUT2D eigenvalue weighted by Crippen LogP contribution is -2.20. The molecule has 30 heavy (non-hydrogen) atoms. The minimum atomic E-state index is -4.60. The number of hydrogen-bond acceptors (Lipinski definition) is 7. The standard InChI is InChI=1S/C20H21N3O5S2/c1-10-8-11(2)17(15(9-10)14(5)24)21-19(25)18-16(6-7-29-18)30(26,27)23-20-12(3)13(4)22-28-20/h6-9,23H,1-5H3,(H,21,25)/i1D3,2D3,4D3,9D. The summed E-state index contributed by atoms with van der Waals surface area (Å²) in [5.74, 6) is -2.60. The molecule has 2 aromatic heterocycles. The summed E-state index contributed by atoms with van der Waals surface area (Å²) in [4.78, 5) is 24.6. The van der Waals surface area contributed by atoms with Crippen LogP contribution in [0.4, 0.5) is 11.6 Å². The molecule has 0 spiro atoms. The van der Waals surface area contributed by atoms with Crippen LogP contribution in [0, 0.1) is 27.5 Å². The summed E-state index contributed by atoms with van der Waals surface area (Å²) in [5.41, 5.74) is -3.38. The van der Waals surface area contributed by atoms with Gasteiger partial charge in [-0.1, -0.05) is 11.2 Å². The Morgan fingerprint density at radius 2 is 2.10 bits per heavy atom. The Bertz CT molecular complexity index is 1600. The van der Waals surface area contributed by atoms with E-state index in [4.69, 9.17) is 18.2 Å². The van der Waals surface area contributed by atoms with Crippen molar-refractivity contribution in [3.63, 3.8) is 0 Å². The number of Topliss-reactive ketones (excluding diaryl/α,β-unsaturated/α-hetero) is 1. The van der Waals surface area contributed by atoms with Crippen LogP contribution in [-0.2, 0) is 10.0 Å². The highest BCUT2D eigenvalue weighted by Crippen LogP contribution is 2.29. The number of aryl methyl sites for hydroxylation is 3. The van der Waals surface area contributed by atoms with E-state index in [-0.39, 0.29) is 5.56 Å². The van der Waals surface area contributed by atoms with Gasteiger partial charge in [-0.3, -0.25) is 9.59 Å². The Morgan fingerprint density at radius 1 is 1.30 bits per heavy atom. The number of carbonyl (C=O) groups excluding carboxylic acids is 2. The second kappa shape index (κ2) is 8.04. The maximum absolute atomic E-state index is 13.3. The zero-order valence-corrected chi connectivity index (χ0v) is 17.2. The van der Waals surface area contributed by atoms with E-state index in [0.29, 0.717) is 17.4 Å². The molecule has 0 radical (unpaired) electrons. The van der Waals surface area contributed by atoms with Gasteiger partial charge in [0.05, 0.1) is 12.8 Å². The SMILES string of the molecule is [2H]c1c(C([2H])([2H])[2H])cc(C([2H])([2H])[2H])c(NC(=O)c2sccc2S(=O)(=O)Nc2onc(C([2H])([2H])[2H])c2C)c1C(C)=O. The molecule has 2 heterocycles. The lowest BCUT2D eigenvalue weighted by atomic mass is 10.0. The van der Waals surface area contributed by atoms with Crippen molar-refractivity contribution in [3.05, 3.63) is 56.4 Å². The fourth-order valence-electron chi connectivity index (χ4n) is 2.43. The maximum atomic E-state index is 13.3. The van der Waals surface area contributed by atoms with E-state index in [1.54, 1.807) is 0 Å². The van der Waals surface area contributed by atoms with Crippen LogP contribution in [-0.4, -0.2) is 25.3 Å². The number of rotatable bonds is 6. The maximum Gasteiger partial charge on any atom is 0.267 e. The van der Waals surface area contributed by atoms with Crippen LogP contribution in [0.1, 0.15) is 63.0 Å². The highest BCUT2D eigenvalue weighted by molar-refractivity contribution is 7.93. The van der Waals surface area contributed by atoms with Crippen LogP contribution in [0.3, 0.4) is 0 Å². The first-order valence-corrected chi connectivity index (χ1v) is 10.5. The second-order valence-corrected chi connectivity index (χ2v) is 8.63. The normalized spacial score (nSPS) is 17.5. The van der Waals surface area contributed by atoms with Crippen molar-refractivity contribution in [2.24, 2.45) is 0 Å². The Hall–Kier alpha value is -2.98. The molecule has 0 aliphatic heterocycles. The van der Waals surface area contributed by atoms with Gasteiger partial charge >= 0.3 is 0 Å². The van der Waals surface area contributed by atoms with Crippen LogP contribution in [0.25, 0.3) is 0 Å². The van der Waals surface area contributed by atoms with Gasteiger partial charge in [-0.2, -0.15) is 0 Å². The first-order chi connectivity index (χ1) is 18.1. The molecular weight excluding hydrogens is 426 g/mol. The highest BCUT2D eigenvalue weighted by Gasteiger charge is 2.27. The Balaban J connectivity index is 2.10. The Labute approximate surface area is 192 Å². The number of nitrogens with zero attached hydrogens (tertiary/aromatic N) is 1. The number of sulfonamides is 1. The number of ketones is 1. The third kappa shape index (κ3) is 4.14. The number of aromatic nitrogens is 1.